The third-order valence-electron chi connectivity index (χ3n) is 3.81. The lowest BCUT2D eigenvalue weighted by Crippen LogP contribution is -2.14. The second-order valence-electron chi connectivity index (χ2n) is 5.70. The Morgan fingerprint density at radius 3 is 2.62 bits per heavy atom. The van der Waals surface area contributed by atoms with Crippen LogP contribution in [0.15, 0.2) is 59.9 Å². The molecule has 0 atom stereocenters. The number of aryl methyl sites for hydroxylation is 1. The number of pyridine rings is 1. The maximum atomic E-state index is 14.0. The van der Waals surface area contributed by atoms with Crippen LogP contribution in [0.25, 0.3) is 0 Å². The fourth-order valence-electron chi connectivity index (χ4n) is 2.42. The second-order valence-corrected chi connectivity index (χ2v) is 7.51. The van der Waals surface area contributed by atoms with Crippen LogP contribution < -0.4 is 0 Å². The minimum absolute atomic E-state index is 0.00982. The lowest BCUT2D eigenvalue weighted by Gasteiger charge is -2.08. The highest BCUT2D eigenvalue weighted by Crippen LogP contribution is 2.22. The number of rotatable bonds is 5. The van der Waals surface area contributed by atoms with Gasteiger partial charge in [0.2, 0.25) is 0 Å². The number of benzene rings is 1. The highest BCUT2D eigenvalue weighted by molar-refractivity contribution is 7.90. The normalized spacial score (nSPS) is 11.5. The number of ketones is 1. The summed E-state index contributed by atoms with van der Waals surface area (Å²) in [6, 6.07) is 7.82. The van der Waals surface area contributed by atoms with Gasteiger partial charge >= 0.3 is 0 Å². The molecule has 0 aliphatic heterocycles. The summed E-state index contributed by atoms with van der Waals surface area (Å²) in [7, 11) is -4.31. The summed E-state index contributed by atoms with van der Waals surface area (Å²) < 4.78 is 53.6. The molecule has 0 radical (unpaired) electrons. The molecule has 0 aliphatic rings. The minimum Gasteiger partial charge on any atom is -0.292 e. The number of Topliss-reactive ketones (excluding diaryl/α,β-unsaturated/α-hetero) is 1. The van der Waals surface area contributed by atoms with E-state index in [0.29, 0.717) is 11.6 Å². The number of nitrogens with zero attached hydrogens (tertiary/aromatic N) is 2. The van der Waals surface area contributed by atoms with Crippen molar-refractivity contribution < 1.29 is 22.0 Å². The van der Waals surface area contributed by atoms with Crippen molar-refractivity contribution in [3.8, 4) is 0 Å². The first kappa shape index (κ1) is 17.9. The summed E-state index contributed by atoms with van der Waals surface area (Å²) in [6.07, 6.45) is 3.81. The van der Waals surface area contributed by atoms with Crippen LogP contribution in [0.5, 0.6) is 0 Å². The molecule has 8 heteroatoms. The summed E-state index contributed by atoms with van der Waals surface area (Å²) in [5.41, 5.74) is 0.683. The summed E-state index contributed by atoms with van der Waals surface area (Å²) in [5.74, 6) is -2.14. The van der Waals surface area contributed by atoms with E-state index in [-0.39, 0.29) is 23.5 Å². The van der Waals surface area contributed by atoms with Crippen LogP contribution in [0.4, 0.5) is 8.78 Å². The van der Waals surface area contributed by atoms with Gasteiger partial charge in [0.05, 0.1) is 0 Å². The van der Waals surface area contributed by atoms with Gasteiger partial charge < -0.3 is 0 Å². The van der Waals surface area contributed by atoms with Gasteiger partial charge in [-0.1, -0.05) is 6.07 Å². The molecule has 0 fully saturated rings. The van der Waals surface area contributed by atoms with E-state index in [1.54, 1.807) is 18.2 Å². The SMILES string of the molecule is Cc1cc(F)c(S(=O)(=O)n2ccc(CC(=O)c3ccccn3)c2)cc1F. The number of hydrogen-bond donors (Lipinski definition) is 0. The molecule has 3 rings (SSSR count). The topological polar surface area (TPSA) is 69.0 Å². The molecule has 5 nitrogen and oxygen atoms in total. The first-order valence-electron chi connectivity index (χ1n) is 7.61. The zero-order valence-electron chi connectivity index (χ0n) is 13.7. The molecule has 1 aromatic carbocycles. The maximum Gasteiger partial charge on any atom is 0.270 e. The highest BCUT2D eigenvalue weighted by Gasteiger charge is 2.23. The van der Waals surface area contributed by atoms with Gasteiger partial charge in [0.1, 0.15) is 22.2 Å². The van der Waals surface area contributed by atoms with Gasteiger partial charge in [-0.3, -0.25) is 9.78 Å². The molecule has 2 aromatic heterocycles. The van der Waals surface area contributed by atoms with E-state index in [1.807, 2.05) is 0 Å². The van der Waals surface area contributed by atoms with E-state index in [1.165, 1.54) is 31.6 Å². The van der Waals surface area contributed by atoms with E-state index in [0.717, 1.165) is 10.0 Å². The molecule has 26 heavy (non-hydrogen) atoms. The fraction of sp³-hybridized carbons (Fsp3) is 0.111. The lowest BCUT2D eigenvalue weighted by atomic mass is 10.1. The first-order valence-corrected chi connectivity index (χ1v) is 9.05. The van der Waals surface area contributed by atoms with Gasteiger partial charge in [-0.2, -0.15) is 0 Å². The predicted octanol–water partition coefficient (Wildman–Crippen LogP) is 3.13. The third kappa shape index (κ3) is 3.41. The summed E-state index contributed by atoms with van der Waals surface area (Å²) in [4.78, 5) is 15.3. The Labute approximate surface area is 149 Å². The van der Waals surface area contributed by atoms with Gasteiger partial charge in [-0.15, -0.1) is 0 Å². The fourth-order valence-corrected chi connectivity index (χ4v) is 3.70. The average molecular weight is 376 g/mol. The predicted molar refractivity (Wildman–Crippen MR) is 90.4 cm³/mol. The van der Waals surface area contributed by atoms with Gasteiger partial charge in [-0.05, 0) is 48.4 Å². The largest absolute Gasteiger partial charge is 0.292 e. The number of aromatic nitrogens is 2. The van der Waals surface area contributed by atoms with Crippen molar-refractivity contribution >= 4 is 15.8 Å². The second kappa shape index (κ2) is 6.80. The van der Waals surface area contributed by atoms with Crippen LogP contribution >= 0.6 is 0 Å². The van der Waals surface area contributed by atoms with E-state index < -0.39 is 26.6 Å². The molecule has 0 spiro atoms. The Hall–Kier alpha value is -2.87. The number of carbonyl (C=O) groups is 1. The smallest absolute Gasteiger partial charge is 0.270 e. The average Bonchev–Trinajstić information content (AvgIpc) is 3.08. The van der Waals surface area contributed by atoms with Crippen LogP contribution in [0, 0.1) is 18.6 Å². The van der Waals surface area contributed by atoms with Crippen molar-refractivity contribution in [1.29, 1.82) is 0 Å². The van der Waals surface area contributed by atoms with Crippen molar-refractivity contribution in [2.24, 2.45) is 0 Å². The summed E-state index contributed by atoms with van der Waals surface area (Å²) in [6.45, 7) is 1.34. The zero-order chi connectivity index (χ0) is 18.9. The van der Waals surface area contributed by atoms with Gasteiger partial charge in [0, 0.05) is 25.0 Å². The van der Waals surface area contributed by atoms with Crippen molar-refractivity contribution in [1.82, 2.24) is 8.96 Å². The van der Waals surface area contributed by atoms with Crippen LogP contribution in [0.2, 0.25) is 0 Å². The highest BCUT2D eigenvalue weighted by atomic mass is 32.2. The molecule has 134 valence electrons. The first-order chi connectivity index (χ1) is 12.3. The Balaban J connectivity index is 1.89. The van der Waals surface area contributed by atoms with Gasteiger partial charge in [0.25, 0.3) is 10.0 Å². The zero-order valence-corrected chi connectivity index (χ0v) is 14.5. The molecule has 0 saturated heterocycles. The molecule has 0 saturated carbocycles. The molecular weight excluding hydrogens is 362 g/mol. The molecule has 2 heterocycles. The maximum absolute atomic E-state index is 14.0. The molecule has 0 unspecified atom stereocenters. The molecular formula is C18H14F2N2O3S. The summed E-state index contributed by atoms with van der Waals surface area (Å²) >= 11 is 0. The van der Waals surface area contributed by atoms with Crippen LogP contribution in [0.3, 0.4) is 0 Å². The van der Waals surface area contributed by atoms with Crippen molar-refractivity contribution in [2.75, 3.05) is 0 Å². The monoisotopic (exact) mass is 376 g/mol. The van der Waals surface area contributed by atoms with Gasteiger partial charge in [-0.25, -0.2) is 21.2 Å². The Kier molecular flexibility index (Phi) is 4.69. The van der Waals surface area contributed by atoms with Crippen molar-refractivity contribution in [3.63, 3.8) is 0 Å². The van der Waals surface area contributed by atoms with E-state index in [9.17, 15) is 22.0 Å². The summed E-state index contributed by atoms with van der Waals surface area (Å²) in [5, 5.41) is 0. The standard InChI is InChI=1S/C18H14F2N2O3S/c1-12-8-15(20)18(10-14(12)19)26(24,25)22-7-5-13(11-22)9-17(23)16-4-2-3-6-21-16/h2-8,10-11H,9H2,1H3. The Morgan fingerprint density at radius 1 is 1.15 bits per heavy atom. The van der Waals surface area contributed by atoms with Gasteiger partial charge in [0.15, 0.2) is 5.78 Å². The minimum atomic E-state index is -4.31. The van der Waals surface area contributed by atoms with Crippen LogP contribution in [0.1, 0.15) is 21.6 Å². The number of carbonyl (C=O) groups excluding carboxylic acids is 1. The van der Waals surface area contributed by atoms with E-state index in [2.05, 4.69) is 4.98 Å². The van der Waals surface area contributed by atoms with Crippen molar-refractivity contribution in [2.45, 2.75) is 18.2 Å². The lowest BCUT2D eigenvalue weighted by molar-refractivity contribution is 0.0988. The Morgan fingerprint density at radius 2 is 1.92 bits per heavy atom. The Bertz CT molecular complexity index is 1080. The van der Waals surface area contributed by atoms with Crippen molar-refractivity contribution in [3.05, 3.63) is 83.4 Å². The third-order valence-corrected chi connectivity index (χ3v) is 5.46. The number of hydrogen-bond acceptors (Lipinski definition) is 4. The molecule has 0 N–H and O–H groups in total. The quantitative estimate of drug-likeness (QED) is 0.642. The van der Waals surface area contributed by atoms with E-state index >= 15 is 0 Å². The van der Waals surface area contributed by atoms with E-state index in [4.69, 9.17) is 0 Å². The molecule has 0 amide bonds. The molecule has 0 bridgehead atoms. The molecule has 3 aromatic rings. The van der Waals surface area contributed by atoms with Crippen LogP contribution in [-0.4, -0.2) is 23.2 Å². The number of halogens is 2. The van der Waals surface area contributed by atoms with Crippen LogP contribution in [-0.2, 0) is 16.4 Å². The molecule has 0 aliphatic carbocycles.